The molecule has 1 aliphatic rings. The molecule has 7 heteroatoms. The van der Waals surface area contributed by atoms with Crippen LogP contribution in [-0.4, -0.2) is 38.8 Å². The SMILES string of the molecule is O=C(c1ccno1)N1CC(n2cc(Br)cn2)C1. The summed E-state index contributed by atoms with van der Waals surface area (Å²) < 4.78 is 7.62. The molecule has 1 fully saturated rings. The topological polar surface area (TPSA) is 64.2 Å². The minimum atomic E-state index is -0.120. The van der Waals surface area contributed by atoms with Crippen LogP contribution in [-0.2, 0) is 0 Å². The Labute approximate surface area is 105 Å². The first-order valence-corrected chi connectivity index (χ1v) is 5.93. The molecule has 0 unspecified atom stereocenters. The maximum Gasteiger partial charge on any atom is 0.292 e. The highest BCUT2D eigenvalue weighted by molar-refractivity contribution is 9.10. The molecule has 0 saturated carbocycles. The van der Waals surface area contributed by atoms with Crippen LogP contribution in [0.15, 0.2) is 33.7 Å². The van der Waals surface area contributed by atoms with Gasteiger partial charge in [-0.15, -0.1) is 0 Å². The minimum Gasteiger partial charge on any atom is -0.351 e. The predicted molar refractivity (Wildman–Crippen MR) is 61.4 cm³/mol. The summed E-state index contributed by atoms with van der Waals surface area (Å²) in [5, 5.41) is 7.71. The minimum absolute atomic E-state index is 0.120. The fourth-order valence-corrected chi connectivity index (χ4v) is 2.09. The number of hydrogen-bond donors (Lipinski definition) is 0. The first-order chi connectivity index (χ1) is 8.24. The van der Waals surface area contributed by atoms with Crippen molar-refractivity contribution in [2.24, 2.45) is 0 Å². The third-order valence-corrected chi connectivity index (χ3v) is 3.15. The molecule has 1 aliphatic heterocycles. The predicted octanol–water partition coefficient (Wildman–Crippen LogP) is 1.33. The van der Waals surface area contributed by atoms with Crippen LogP contribution in [0.2, 0.25) is 0 Å². The molecule has 2 aromatic heterocycles. The van der Waals surface area contributed by atoms with Crippen molar-refractivity contribution in [1.82, 2.24) is 19.8 Å². The Balaban J connectivity index is 1.63. The first-order valence-electron chi connectivity index (χ1n) is 5.13. The monoisotopic (exact) mass is 296 g/mol. The van der Waals surface area contributed by atoms with Crippen LogP contribution in [0, 0.1) is 0 Å². The summed E-state index contributed by atoms with van der Waals surface area (Å²) in [6.07, 6.45) is 5.11. The molecule has 0 bridgehead atoms. The van der Waals surface area contributed by atoms with E-state index in [1.54, 1.807) is 17.2 Å². The van der Waals surface area contributed by atoms with Crippen molar-refractivity contribution >= 4 is 21.8 Å². The third kappa shape index (κ3) is 1.86. The molecule has 6 nitrogen and oxygen atoms in total. The molecule has 0 aliphatic carbocycles. The molecule has 3 rings (SSSR count). The van der Waals surface area contributed by atoms with Gasteiger partial charge in [0.2, 0.25) is 5.76 Å². The summed E-state index contributed by atoms with van der Waals surface area (Å²) in [6.45, 7) is 1.29. The quantitative estimate of drug-likeness (QED) is 0.839. The van der Waals surface area contributed by atoms with Gasteiger partial charge < -0.3 is 9.42 Å². The molecule has 0 radical (unpaired) electrons. The van der Waals surface area contributed by atoms with Gasteiger partial charge in [-0.05, 0) is 15.9 Å². The van der Waals surface area contributed by atoms with Crippen LogP contribution in [0.3, 0.4) is 0 Å². The number of aromatic nitrogens is 3. The van der Waals surface area contributed by atoms with E-state index in [0.717, 1.165) is 4.47 Å². The van der Waals surface area contributed by atoms with E-state index in [9.17, 15) is 4.79 Å². The first kappa shape index (κ1) is 10.5. The van der Waals surface area contributed by atoms with E-state index >= 15 is 0 Å². The van der Waals surface area contributed by atoms with E-state index in [1.807, 2.05) is 10.9 Å². The Morgan fingerprint density at radius 1 is 1.53 bits per heavy atom. The smallest absolute Gasteiger partial charge is 0.292 e. The highest BCUT2D eigenvalue weighted by atomic mass is 79.9. The van der Waals surface area contributed by atoms with E-state index in [4.69, 9.17) is 4.52 Å². The molecule has 88 valence electrons. The van der Waals surface area contributed by atoms with Gasteiger partial charge in [0.1, 0.15) is 0 Å². The summed E-state index contributed by atoms with van der Waals surface area (Å²) >= 11 is 3.34. The Hall–Kier alpha value is -1.63. The molecule has 1 saturated heterocycles. The molecule has 1 amide bonds. The van der Waals surface area contributed by atoms with Gasteiger partial charge in [-0.1, -0.05) is 5.16 Å². The lowest BCUT2D eigenvalue weighted by molar-refractivity contribution is 0.0461. The van der Waals surface area contributed by atoms with E-state index in [0.29, 0.717) is 13.1 Å². The molecule has 2 aromatic rings. The second kappa shape index (κ2) is 3.99. The summed E-state index contributed by atoms with van der Waals surface area (Å²) in [4.78, 5) is 13.5. The molecule has 3 heterocycles. The number of halogens is 1. The van der Waals surface area contributed by atoms with Gasteiger partial charge in [0, 0.05) is 25.4 Å². The Morgan fingerprint density at radius 3 is 2.94 bits per heavy atom. The Bertz CT molecular complexity index is 530. The average Bonchev–Trinajstić information content (AvgIpc) is 2.86. The maximum absolute atomic E-state index is 11.8. The van der Waals surface area contributed by atoms with Crippen LogP contribution in [0.4, 0.5) is 0 Å². The molecular weight excluding hydrogens is 288 g/mol. The lowest BCUT2D eigenvalue weighted by atomic mass is 10.1. The average molecular weight is 297 g/mol. The highest BCUT2D eigenvalue weighted by Gasteiger charge is 2.34. The molecule has 0 aromatic carbocycles. The summed E-state index contributed by atoms with van der Waals surface area (Å²) in [6, 6.07) is 1.81. The van der Waals surface area contributed by atoms with Crippen LogP contribution in [0.5, 0.6) is 0 Å². The van der Waals surface area contributed by atoms with E-state index in [-0.39, 0.29) is 17.7 Å². The van der Waals surface area contributed by atoms with Crippen molar-refractivity contribution in [2.45, 2.75) is 6.04 Å². The van der Waals surface area contributed by atoms with Gasteiger partial charge in [-0.2, -0.15) is 5.10 Å². The number of likely N-dealkylation sites (tertiary alicyclic amines) is 1. The molecule has 0 N–H and O–H groups in total. The highest BCUT2D eigenvalue weighted by Crippen LogP contribution is 2.23. The van der Waals surface area contributed by atoms with Crippen molar-refractivity contribution in [1.29, 1.82) is 0 Å². The lowest BCUT2D eigenvalue weighted by Gasteiger charge is -2.38. The van der Waals surface area contributed by atoms with Crippen molar-refractivity contribution in [3.8, 4) is 0 Å². The van der Waals surface area contributed by atoms with Crippen LogP contribution in [0.1, 0.15) is 16.6 Å². The van der Waals surface area contributed by atoms with Crippen molar-refractivity contribution in [3.63, 3.8) is 0 Å². The zero-order chi connectivity index (χ0) is 11.8. The van der Waals surface area contributed by atoms with Gasteiger partial charge in [-0.25, -0.2) is 0 Å². The number of amides is 1. The van der Waals surface area contributed by atoms with E-state index in [1.165, 1.54) is 6.20 Å². The van der Waals surface area contributed by atoms with Crippen molar-refractivity contribution in [3.05, 3.63) is 34.9 Å². The second-order valence-electron chi connectivity index (χ2n) is 3.88. The maximum atomic E-state index is 11.8. The molecule has 0 spiro atoms. The van der Waals surface area contributed by atoms with Crippen LogP contribution >= 0.6 is 15.9 Å². The van der Waals surface area contributed by atoms with Gasteiger partial charge in [-0.3, -0.25) is 9.48 Å². The van der Waals surface area contributed by atoms with Gasteiger partial charge in [0.05, 0.1) is 22.9 Å². The summed E-state index contributed by atoms with van der Waals surface area (Å²) in [5.74, 6) is 0.162. The van der Waals surface area contributed by atoms with Crippen LogP contribution in [0.25, 0.3) is 0 Å². The number of rotatable bonds is 2. The number of nitrogens with zero attached hydrogens (tertiary/aromatic N) is 4. The third-order valence-electron chi connectivity index (χ3n) is 2.74. The summed E-state index contributed by atoms with van der Waals surface area (Å²) in [7, 11) is 0. The Kier molecular flexibility index (Phi) is 2.47. The number of carbonyl (C=O) groups excluding carboxylic acids is 1. The molecule has 17 heavy (non-hydrogen) atoms. The summed E-state index contributed by atoms with van der Waals surface area (Å²) in [5.41, 5.74) is 0. The van der Waals surface area contributed by atoms with Crippen molar-refractivity contribution < 1.29 is 9.32 Å². The normalized spacial score (nSPS) is 15.9. The standard InChI is InChI=1S/C10H9BrN4O2/c11-7-3-12-15(4-7)8-5-14(6-8)10(16)9-1-2-13-17-9/h1-4,8H,5-6H2. The van der Waals surface area contributed by atoms with E-state index in [2.05, 4.69) is 26.2 Å². The largest absolute Gasteiger partial charge is 0.351 e. The number of carbonyl (C=O) groups is 1. The van der Waals surface area contributed by atoms with Gasteiger partial charge in [0.25, 0.3) is 5.91 Å². The number of hydrogen-bond acceptors (Lipinski definition) is 4. The zero-order valence-corrected chi connectivity index (χ0v) is 10.4. The van der Waals surface area contributed by atoms with Crippen LogP contribution < -0.4 is 0 Å². The fraction of sp³-hybridized carbons (Fsp3) is 0.300. The second-order valence-corrected chi connectivity index (χ2v) is 4.79. The zero-order valence-electron chi connectivity index (χ0n) is 8.78. The van der Waals surface area contributed by atoms with Gasteiger partial charge >= 0.3 is 0 Å². The Morgan fingerprint density at radius 2 is 2.35 bits per heavy atom. The van der Waals surface area contributed by atoms with Crippen molar-refractivity contribution in [2.75, 3.05) is 13.1 Å². The molecular formula is C10H9BrN4O2. The molecule has 0 atom stereocenters. The van der Waals surface area contributed by atoms with Gasteiger partial charge in [0.15, 0.2) is 0 Å². The van der Waals surface area contributed by atoms with E-state index < -0.39 is 0 Å². The lowest BCUT2D eigenvalue weighted by Crippen LogP contribution is -2.50. The fourth-order valence-electron chi connectivity index (χ4n) is 1.78.